The number of Topliss-reactive ketones (excluding diaryl/α,β-unsaturated/α-hetero) is 1. The van der Waals surface area contributed by atoms with Gasteiger partial charge in [0.05, 0.1) is 6.10 Å². The van der Waals surface area contributed by atoms with E-state index in [-0.39, 0.29) is 29.2 Å². The van der Waals surface area contributed by atoms with E-state index in [0.29, 0.717) is 12.8 Å². The van der Waals surface area contributed by atoms with E-state index >= 15 is 0 Å². The summed E-state index contributed by atoms with van der Waals surface area (Å²) < 4.78 is 5.28. The number of allylic oxidation sites excluding steroid dienone is 2. The van der Waals surface area contributed by atoms with Crippen LogP contribution in [0.1, 0.15) is 68.2 Å². The van der Waals surface area contributed by atoms with Crippen LogP contribution in [0.2, 0.25) is 0 Å². The molecule has 4 heteroatoms. The summed E-state index contributed by atoms with van der Waals surface area (Å²) in [6, 6.07) is 0. The molecule has 0 spiro atoms. The van der Waals surface area contributed by atoms with Crippen molar-refractivity contribution in [1.82, 2.24) is 0 Å². The third-order valence-corrected chi connectivity index (χ3v) is 4.19. The number of hydrogen-bond acceptors (Lipinski definition) is 4. The van der Waals surface area contributed by atoms with Crippen LogP contribution in [0.4, 0.5) is 0 Å². The molecule has 0 rings (SSSR count). The van der Waals surface area contributed by atoms with Crippen molar-refractivity contribution in [2.45, 2.75) is 80.4 Å². The van der Waals surface area contributed by atoms with Gasteiger partial charge < -0.3 is 9.84 Å². The number of aliphatic hydroxyl groups excluding tert-OH is 1. The SMILES string of the molecule is CC(=O)OC(CC(O)CC(C)(C)C=CC(C)(C)C(C)=O)C(C)C. The van der Waals surface area contributed by atoms with Crippen LogP contribution in [0.5, 0.6) is 0 Å². The fourth-order valence-electron chi connectivity index (χ4n) is 2.25. The molecule has 0 aliphatic carbocycles. The Hall–Kier alpha value is -1.16. The minimum atomic E-state index is -0.568. The molecule has 0 aromatic heterocycles. The summed E-state index contributed by atoms with van der Waals surface area (Å²) in [6.07, 6.45) is 4.02. The number of carbonyl (C=O) groups is 2. The highest BCUT2D eigenvalue weighted by atomic mass is 16.5. The second-order valence-corrected chi connectivity index (χ2v) is 8.09. The zero-order valence-corrected chi connectivity index (χ0v) is 16.0. The molecule has 0 aromatic carbocycles. The Morgan fingerprint density at radius 3 is 2.00 bits per heavy atom. The Bertz CT molecular complexity index is 433. The van der Waals surface area contributed by atoms with Crippen molar-refractivity contribution in [1.29, 1.82) is 0 Å². The molecule has 0 aliphatic heterocycles. The second kappa shape index (κ2) is 8.62. The van der Waals surface area contributed by atoms with Crippen LogP contribution in [0.3, 0.4) is 0 Å². The Balaban J connectivity index is 4.79. The number of rotatable bonds is 9. The molecule has 0 amide bonds. The first kappa shape index (κ1) is 21.8. The topological polar surface area (TPSA) is 63.6 Å². The molecule has 134 valence electrons. The van der Waals surface area contributed by atoms with E-state index < -0.39 is 11.5 Å². The molecule has 0 fully saturated rings. The lowest BCUT2D eigenvalue weighted by Gasteiger charge is -2.29. The first-order chi connectivity index (χ1) is 10.3. The van der Waals surface area contributed by atoms with Gasteiger partial charge in [-0.3, -0.25) is 9.59 Å². The maximum absolute atomic E-state index is 11.6. The lowest BCUT2D eigenvalue weighted by Crippen LogP contribution is -2.30. The van der Waals surface area contributed by atoms with Gasteiger partial charge in [-0.05, 0) is 38.5 Å². The van der Waals surface area contributed by atoms with Crippen molar-refractivity contribution < 1.29 is 19.4 Å². The summed E-state index contributed by atoms with van der Waals surface area (Å²) in [7, 11) is 0. The molecule has 0 radical (unpaired) electrons. The maximum atomic E-state index is 11.6. The fraction of sp³-hybridized carbons (Fsp3) is 0.789. The van der Waals surface area contributed by atoms with Gasteiger partial charge in [0, 0.05) is 18.8 Å². The number of ketones is 1. The Labute approximate surface area is 141 Å². The third-order valence-electron chi connectivity index (χ3n) is 4.19. The molecule has 1 N–H and O–H groups in total. The number of aliphatic hydroxyl groups is 1. The van der Waals surface area contributed by atoms with Gasteiger partial charge in [0.15, 0.2) is 0 Å². The molecule has 0 bridgehead atoms. The van der Waals surface area contributed by atoms with Gasteiger partial charge in [0.2, 0.25) is 0 Å². The molecule has 0 heterocycles. The zero-order valence-electron chi connectivity index (χ0n) is 16.0. The van der Waals surface area contributed by atoms with Crippen molar-refractivity contribution in [3.63, 3.8) is 0 Å². The van der Waals surface area contributed by atoms with Crippen LogP contribution in [-0.4, -0.2) is 29.1 Å². The van der Waals surface area contributed by atoms with Crippen LogP contribution >= 0.6 is 0 Å². The van der Waals surface area contributed by atoms with Crippen molar-refractivity contribution in [3.05, 3.63) is 12.2 Å². The lowest BCUT2D eigenvalue weighted by molar-refractivity contribution is -0.150. The van der Waals surface area contributed by atoms with Crippen LogP contribution in [-0.2, 0) is 14.3 Å². The molecule has 0 saturated carbocycles. The first-order valence-electron chi connectivity index (χ1n) is 8.33. The molecule has 0 aliphatic rings. The molecular weight excluding hydrogens is 292 g/mol. The average molecular weight is 326 g/mol. The molecule has 0 aromatic rings. The van der Waals surface area contributed by atoms with E-state index in [2.05, 4.69) is 0 Å². The van der Waals surface area contributed by atoms with Gasteiger partial charge in [-0.25, -0.2) is 0 Å². The summed E-state index contributed by atoms with van der Waals surface area (Å²) >= 11 is 0. The van der Waals surface area contributed by atoms with Gasteiger partial charge in [-0.15, -0.1) is 0 Å². The first-order valence-corrected chi connectivity index (χ1v) is 8.33. The summed E-state index contributed by atoms with van der Waals surface area (Å²) in [6.45, 7) is 14.7. The number of ether oxygens (including phenoxy) is 1. The Morgan fingerprint density at radius 1 is 1.09 bits per heavy atom. The molecule has 2 atom stereocenters. The monoisotopic (exact) mass is 326 g/mol. The highest BCUT2D eigenvalue weighted by molar-refractivity contribution is 5.83. The Kier molecular flexibility index (Phi) is 8.19. The van der Waals surface area contributed by atoms with Gasteiger partial charge >= 0.3 is 5.97 Å². The molecule has 4 nitrogen and oxygen atoms in total. The minimum absolute atomic E-state index is 0.111. The van der Waals surface area contributed by atoms with Crippen LogP contribution in [0.25, 0.3) is 0 Å². The standard InChI is InChI=1S/C19H34O4/c1-13(2)17(23-15(4)21)11-16(22)12-18(5,6)9-10-19(7,8)14(3)20/h9-10,13,16-17,22H,11-12H2,1-8H3. The highest BCUT2D eigenvalue weighted by Crippen LogP contribution is 2.30. The molecular formula is C19H34O4. The smallest absolute Gasteiger partial charge is 0.302 e. The van der Waals surface area contributed by atoms with Crippen molar-refractivity contribution >= 4 is 11.8 Å². The van der Waals surface area contributed by atoms with Crippen molar-refractivity contribution in [3.8, 4) is 0 Å². The minimum Gasteiger partial charge on any atom is -0.462 e. The normalized spacial score (nSPS) is 15.7. The summed E-state index contributed by atoms with van der Waals surface area (Å²) in [5, 5.41) is 10.4. The number of carbonyl (C=O) groups excluding carboxylic acids is 2. The lowest BCUT2D eigenvalue weighted by atomic mass is 9.80. The van der Waals surface area contributed by atoms with E-state index in [1.54, 1.807) is 6.92 Å². The van der Waals surface area contributed by atoms with Crippen LogP contribution in [0.15, 0.2) is 12.2 Å². The van der Waals surface area contributed by atoms with Gasteiger partial charge in [-0.2, -0.15) is 0 Å². The molecule has 2 unspecified atom stereocenters. The predicted molar refractivity (Wildman–Crippen MR) is 93.0 cm³/mol. The van der Waals surface area contributed by atoms with Crippen molar-refractivity contribution in [2.24, 2.45) is 16.7 Å². The second-order valence-electron chi connectivity index (χ2n) is 8.09. The van der Waals surface area contributed by atoms with Crippen molar-refractivity contribution in [2.75, 3.05) is 0 Å². The Morgan fingerprint density at radius 2 is 1.61 bits per heavy atom. The van der Waals surface area contributed by atoms with E-state index in [4.69, 9.17) is 4.74 Å². The molecule has 23 heavy (non-hydrogen) atoms. The van der Waals surface area contributed by atoms with E-state index in [9.17, 15) is 14.7 Å². The summed E-state index contributed by atoms with van der Waals surface area (Å²) in [5.74, 6) is -0.0538. The zero-order chi connectivity index (χ0) is 18.4. The average Bonchev–Trinajstić information content (AvgIpc) is 2.34. The summed E-state index contributed by atoms with van der Waals surface area (Å²) in [5.41, 5.74) is -0.746. The fourth-order valence-corrected chi connectivity index (χ4v) is 2.25. The van der Waals surface area contributed by atoms with Crippen LogP contribution in [0, 0.1) is 16.7 Å². The van der Waals surface area contributed by atoms with Crippen LogP contribution < -0.4 is 0 Å². The largest absolute Gasteiger partial charge is 0.462 e. The summed E-state index contributed by atoms with van der Waals surface area (Å²) in [4.78, 5) is 22.7. The van der Waals surface area contributed by atoms with E-state index in [0.717, 1.165) is 0 Å². The van der Waals surface area contributed by atoms with Gasteiger partial charge in [0.1, 0.15) is 11.9 Å². The van der Waals surface area contributed by atoms with E-state index in [1.807, 2.05) is 53.7 Å². The van der Waals surface area contributed by atoms with Gasteiger partial charge in [-0.1, -0.05) is 39.8 Å². The third kappa shape index (κ3) is 8.89. The maximum Gasteiger partial charge on any atom is 0.302 e. The predicted octanol–water partition coefficient (Wildman–Crippen LogP) is 3.91. The quantitative estimate of drug-likeness (QED) is 0.515. The highest BCUT2D eigenvalue weighted by Gasteiger charge is 2.27. The number of hydrogen-bond donors (Lipinski definition) is 1. The van der Waals surface area contributed by atoms with E-state index in [1.165, 1.54) is 6.92 Å². The molecule has 0 saturated heterocycles. The number of esters is 1. The van der Waals surface area contributed by atoms with Gasteiger partial charge in [0.25, 0.3) is 0 Å².